The van der Waals surface area contributed by atoms with Crippen molar-refractivity contribution < 1.29 is 14.3 Å². The maximum absolute atomic E-state index is 11.5. The Bertz CT molecular complexity index is 224. The van der Waals surface area contributed by atoms with Gasteiger partial charge in [0.1, 0.15) is 0 Å². The maximum Gasteiger partial charge on any atom is 0.407 e. The molecule has 0 aromatic heterocycles. The predicted octanol–water partition coefficient (Wildman–Crippen LogP) is 2.12. The van der Waals surface area contributed by atoms with Crippen molar-refractivity contribution in [1.29, 1.82) is 0 Å². The molecule has 1 amide bonds. The fourth-order valence-corrected chi connectivity index (χ4v) is 1.21. The molecule has 0 aliphatic carbocycles. The van der Waals surface area contributed by atoms with Gasteiger partial charge in [0.25, 0.3) is 0 Å². The van der Waals surface area contributed by atoms with E-state index < -0.39 is 12.1 Å². The molecule has 88 valence electrons. The topological polar surface area (TPSA) is 55.4 Å². The molecule has 0 aromatic carbocycles. The lowest BCUT2D eigenvalue weighted by molar-refractivity contribution is -0.121. The van der Waals surface area contributed by atoms with Crippen molar-refractivity contribution in [1.82, 2.24) is 5.32 Å². The number of hydrogen-bond donors (Lipinski definition) is 1. The van der Waals surface area contributed by atoms with Crippen molar-refractivity contribution in [2.45, 2.75) is 53.2 Å². The number of nitrogens with one attached hydrogen (secondary N) is 1. The first kappa shape index (κ1) is 13.9. The molecule has 0 rings (SSSR count). The summed E-state index contributed by atoms with van der Waals surface area (Å²) in [7, 11) is 0. The Morgan fingerprint density at radius 1 is 1.20 bits per heavy atom. The highest BCUT2D eigenvalue weighted by molar-refractivity contribution is 5.87. The molecule has 0 bridgehead atoms. The molecule has 0 fully saturated rings. The quantitative estimate of drug-likeness (QED) is 0.764. The molecule has 1 N–H and O–H groups in total. The van der Waals surface area contributed by atoms with Crippen molar-refractivity contribution in [3.8, 4) is 0 Å². The van der Waals surface area contributed by atoms with E-state index in [9.17, 15) is 9.59 Å². The fraction of sp³-hybridized carbons (Fsp3) is 0.818. The van der Waals surface area contributed by atoms with Gasteiger partial charge in [0.2, 0.25) is 0 Å². The highest BCUT2D eigenvalue weighted by Gasteiger charge is 2.23. The molecule has 0 saturated heterocycles. The first-order valence-electron chi connectivity index (χ1n) is 5.38. The minimum absolute atomic E-state index is 0.0331. The third kappa shape index (κ3) is 5.40. The number of alkyl carbamates (subject to hydrolysis) is 1. The Morgan fingerprint density at radius 2 is 1.73 bits per heavy atom. The fourth-order valence-electron chi connectivity index (χ4n) is 1.21. The minimum Gasteiger partial charge on any atom is -0.447 e. The Labute approximate surface area is 91.4 Å². The molecule has 0 aromatic rings. The van der Waals surface area contributed by atoms with Crippen LogP contribution in [0.15, 0.2) is 0 Å². The average Bonchev–Trinajstić information content (AvgIpc) is 2.11. The number of amides is 1. The zero-order chi connectivity index (χ0) is 12.0. The third-order valence-corrected chi connectivity index (χ3v) is 1.98. The van der Waals surface area contributed by atoms with Gasteiger partial charge in [0, 0.05) is 6.42 Å². The summed E-state index contributed by atoms with van der Waals surface area (Å²) in [6.07, 6.45) is -0.273. The van der Waals surface area contributed by atoms with Gasteiger partial charge in [-0.1, -0.05) is 20.8 Å². The number of rotatable bonds is 5. The van der Waals surface area contributed by atoms with E-state index in [2.05, 4.69) is 5.32 Å². The first-order chi connectivity index (χ1) is 6.88. The lowest BCUT2D eigenvalue weighted by Crippen LogP contribution is -2.44. The van der Waals surface area contributed by atoms with E-state index in [1.807, 2.05) is 13.8 Å². The summed E-state index contributed by atoms with van der Waals surface area (Å²) in [6.45, 7) is 9.12. The van der Waals surface area contributed by atoms with Crippen molar-refractivity contribution in [2.24, 2.45) is 5.92 Å². The van der Waals surface area contributed by atoms with E-state index in [0.29, 0.717) is 6.42 Å². The van der Waals surface area contributed by atoms with E-state index in [1.54, 1.807) is 20.8 Å². The van der Waals surface area contributed by atoms with Crippen LogP contribution >= 0.6 is 0 Å². The van der Waals surface area contributed by atoms with Gasteiger partial charge in [-0.3, -0.25) is 4.79 Å². The Kier molecular flexibility index (Phi) is 5.97. The summed E-state index contributed by atoms with van der Waals surface area (Å²) in [5, 5.41) is 2.59. The Morgan fingerprint density at radius 3 is 2.07 bits per heavy atom. The summed E-state index contributed by atoms with van der Waals surface area (Å²) in [4.78, 5) is 22.8. The predicted molar refractivity (Wildman–Crippen MR) is 58.7 cm³/mol. The Balaban J connectivity index is 4.29. The van der Waals surface area contributed by atoms with Gasteiger partial charge in [0.15, 0.2) is 5.78 Å². The largest absolute Gasteiger partial charge is 0.447 e. The molecule has 0 saturated carbocycles. The Hall–Kier alpha value is -1.06. The van der Waals surface area contributed by atoms with E-state index in [0.717, 1.165) is 0 Å². The SMILES string of the molecule is CCC(=O)C(NC(=O)OC(C)C)C(C)C. The molecule has 1 unspecified atom stereocenters. The van der Waals surface area contributed by atoms with Crippen LogP contribution in [0.3, 0.4) is 0 Å². The smallest absolute Gasteiger partial charge is 0.407 e. The van der Waals surface area contributed by atoms with Crippen molar-refractivity contribution in [2.75, 3.05) is 0 Å². The van der Waals surface area contributed by atoms with Crippen LogP contribution in [0.2, 0.25) is 0 Å². The summed E-state index contributed by atoms with van der Waals surface area (Å²) < 4.78 is 4.92. The summed E-state index contributed by atoms with van der Waals surface area (Å²) in [5.74, 6) is 0.114. The second-order valence-corrected chi connectivity index (χ2v) is 4.14. The molecule has 4 heteroatoms. The van der Waals surface area contributed by atoms with E-state index in [1.165, 1.54) is 0 Å². The standard InChI is InChI=1S/C11H21NO3/c1-6-9(13)10(7(2)3)12-11(14)15-8(4)5/h7-8,10H,6H2,1-5H3,(H,12,14). The number of Topliss-reactive ketones (excluding diaryl/α,β-unsaturated/α-hetero) is 1. The second-order valence-electron chi connectivity index (χ2n) is 4.14. The lowest BCUT2D eigenvalue weighted by Gasteiger charge is -2.21. The van der Waals surface area contributed by atoms with Crippen molar-refractivity contribution in [3.63, 3.8) is 0 Å². The van der Waals surface area contributed by atoms with Crippen LogP contribution in [0.5, 0.6) is 0 Å². The van der Waals surface area contributed by atoms with E-state index >= 15 is 0 Å². The second kappa shape index (κ2) is 6.43. The van der Waals surface area contributed by atoms with Gasteiger partial charge < -0.3 is 10.1 Å². The van der Waals surface area contributed by atoms with Gasteiger partial charge in [-0.2, -0.15) is 0 Å². The summed E-state index contributed by atoms with van der Waals surface area (Å²) in [5.41, 5.74) is 0. The molecule has 0 aliphatic heterocycles. The first-order valence-corrected chi connectivity index (χ1v) is 5.38. The number of carbonyl (C=O) groups is 2. The van der Waals surface area contributed by atoms with E-state index in [4.69, 9.17) is 4.74 Å². The molecule has 0 radical (unpaired) electrons. The molecule has 0 aliphatic rings. The van der Waals surface area contributed by atoms with Crippen LogP contribution in [0, 0.1) is 5.92 Å². The van der Waals surface area contributed by atoms with Crippen molar-refractivity contribution in [3.05, 3.63) is 0 Å². The van der Waals surface area contributed by atoms with E-state index in [-0.39, 0.29) is 17.8 Å². The van der Waals surface area contributed by atoms with Crippen LogP contribution < -0.4 is 5.32 Å². The molecule has 15 heavy (non-hydrogen) atoms. The van der Waals surface area contributed by atoms with Crippen LogP contribution in [-0.4, -0.2) is 24.0 Å². The highest BCUT2D eigenvalue weighted by Crippen LogP contribution is 2.05. The molecule has 0 heterocycles. The van der Waals surface area contributed by atoms with Crippen LogP contribution in [0.4, 0.5) is 4.79 Å². The zero-order valence-electron chi connectivity index (χ0n) is 10.2. The van der Waals surface area contributed by atoms with Gasteiger partial charge in [-0.05, 0) is 19.8 Å². The van der Waals surface area contributed by atoms with Gasteiger partial charge in [-0.15, -0.1) is 0 Å². The number of carbonyl (C=O) groups excluding carboxylic acids is 2. The van der Waals surface area contributed by atoms with Gasteiger partial charge in [0.05, 0.1) is 12.1 Å². The van der Waals surface area contributed by atoms with Crippen LogP contribution in [-0.2, 0) is 9.53 Å². The summed E-state index contributed by atoms with van der Waals surface area (Å²) in [6, 6.07) is -0.443. The molecular weight excluding hydrogens is 194 g/mol. The molecule has 4 nitrogen and oxygen atoms in total. The lowest BCUT2D eigenvalue weighted by atomic mass is 9.99. The third-order valence-electron chi connectivity index (χ3n) is 1.98. The van der Waals surface area contributed by atoms with Crippen LogP contribution in [0.1, 0.15) is 41.0 Å². The van der Waals surface area contributed by atoms with Gasteiger partial charge >= 0.3 is 6.09 Å². The van der Waals surface area contributed by atoms with Crippen molar-refractivity contribution >= 4 is 11.9 Å². The maximum atomic E-state index is 11.5. The monoisotopic (exact) mass is 215 g/mol. The average molecular weight is 215 g/mol. The van der Waals surface area contributed by atoms with Gasteiger partial charge in [-0.25, -0.2) is 4.79 Å². The summed E-state index contributed by atoms with van der Waals surface area (Å²) >= 11 is 0. The molecule has 1 atom stereocenters. The normalized spacial score (nSPS) is 12.7. The zero-order valence-corrected chi connectivity index (χ0v) is 10.2. The molecular formula is C11H21NO3. The number of ketones is 1. The number of hydrogen-bond acceptors (Lipinski definition) is 3. The number of ether oxygens (including phenoxy) is 1. The molecule has 0 spiro atoms. The minimum atomic E-state index is -0.523. The highest BCUT2D eigenvalue weighted by atomic mass is 16.6. The van der Waals surface area contributed by atoms with Crippen LogP contribution in [0.25, 0.3) is 0 Å².